The van der Waals surface area contributed by atoms with E-state index in [0.717, 1.165) is 10.9 Å². The monoisotopic (exact) mass is 346 g/mol. The zero-order valence-electron chi connectivity index (χ0n) is 12.9. The van der Waals surface area contributed by atoms with Crippen molar-refractivity contribution < 1.29 is 0 Å². The Morgan fingerprint density at radius 3 is 2.29 bits per heavy atom. The van der Waals surface area contributed by atoms with Crippen molar-refractivity contribution in [3.8, 4) is 0 Å². The molecular formula is C18H23BrN2. The molecule has 2 aromatic carbocycles. The molecule has 0 aliphatic heterocycles. The van der Waals surface area contributed by atoms with E-state index >= 15 is 0 Å². The van der Waals surface area contributed by atoms with Crippen LogP contribution < -0.4 is 10.6 Å². The van der Waals surface area contributed by atoms with E-state index in [4.69, 9.17) is 5.73 Å². The van der Waals surface area contributed by atoms with Gasteiger partial charge in [-0.05, 0) is 49.6 Å². The van der Waals surface area contributed by atoms with Crippen molar-refractivity contribution >= 4 is 21.6 Å². The van der Waals surface area contributed by atoms with Gasteiger partial charge in [0.2, 0.25) is 0 Å². The Bertz CT molecular complexity index is 594. The van der Waals surface area contributed by atoms with E-state index in [1.165, 1.54) is 16.8 Å². The Labute approximate surface area is 136 Å². The molecule has 0 radical (unpaired) electrons. The van der Waals surface area contributed by atoms with Gasteiger partial charge in [-0.3, -0.25) is 0 Å². The number of hydrogen-bond acceptors (Lipinski definition) is 2. The lowest BCUT2D eigenvalue weighted by Crippen LogP contribution is -2.52. The van der Waals surface area contributed by atoms with Crippen molar-refractivity contribution in [2.45, 2.75) is 25.8 Å². The highest BCUT2D eigenvalue weighted by Gasteiger charge is 2.29. The average Bonchev–Trinajstić information content (AvgIpc) is 2.49. The Kier molecular flexibility index (Phi) is 5.07. The van der Waals surface area contributed by atoms with Gasteiger partial charge in [-0.2, -0.15) is 0 Å². The lowest BCUT2D eigenvalue weighted by Gasteiger charge is -2.40. The maximum absolute atomic E-state index is 6.12. The zero-order valence-corrected chi connectivity index (χ0v) is 14.5. The molecule has 1 unspecified atom stereocenters. The first kappa shape index (κ1) is 16.1. The fraction of sp³-hybridized carbons (Fsp3) is 0.333. The van der Waals surface area contributed by atoms with Crippen LogP contribution in [0.5, 0.6) is 0 Å². The molecule has 112 valence electrons. The van der Waals surface area contributed by atoms with Gasteiger partial charge < -0.3 is 10.6 Å². The topological polar surface area (TPSA) is 29.3 Å². The van der Waals surface area contributed by atoms with Gasteiger partial charge in [-0.1, -0.05) is 46.3 Å². The number of benzene rings is 2. The highest BCUT2D eigenvalue weighted by atomic mass is 79.9. The molecule has 0 spiro atoms. The van der Waals surface area contributed by atoms with Gasteiger partial charge in [0.05, 0.1) is 5.54 Å². The van der Waals surface area contributed by atoms with E-state index < -0.39 is 0 Å². The van der Waals surface area contributed by atoms with Gasteiger partial charge in [0, 0.05) is 23.8 Å². The molecule has 1 atom stereocenters. The van der Waals surface area contributed by atoms with Crippen molar-refractivity contribution in [2.75, 3.05) is 18.5 Å². The molecule has 0 aromatic heterocycles. The first-order chi connectivity index (χ1) is 9.96. The normalized spacial score (nSPS) is 13.8. The average molecular weight is 347 g/mol. The van der Waals surface area contributed by atoms with Crippen LogP contribution in [0.1, 0.15) is 18.1 Å². The van der Waals surface area contributed by atoms with E-state index in [2.05, 4.69) is 90.3 Å². The van der Waals surface area contributed by atoms with Gasteiger partial charge in [-0.15, -0.1) is 0 Å². The van der Waals surface area contributed by atoms with Gasteiger partial charge in [0.1, 0.15) is 0 Å². The van der Waals surface area contributed by atoms with Crippen LogP contribution in [0.25, 0.3) is 0 Å². The van der Waals surface area contributed by atoms with Crippen LogP contribution in [0.15, 0.2) is 53.0 Å². The van der Waals surface area contributed by atoms with E-state index in [1.54, 1.807) is 0 Å². The van der Waals surface area contributed by atoms with Crippen molar-refractivity contribution in [3.05, 3.63) is 64.1 Å². The number of rotatable bonds is 5. The molecule has 0 saturated carbocycles. The molecule has 0 aliphatic carbocycles. The first-order valence-corrected chi connectivity index (χ1v) is 7.99. The predicted octanol–water partition coefficient (Wildman–Crippen LogP) is 4.15. The summed E-state index contributed by atoms with van der Waals surface area (Å²) in [5.74, 6) is 0. The molecule has 21 heavy (non-hydrogen) atoms. The molecule has 2 rings (SSSR count). The lowest BCUT2D eigenvalue weighted by atomic mass is 9.90. The third-order valence-corrected chi connectivity index (χ3v) is 4.75. The Morgan fingerprint density at radius 1 is 1.10 bits per heavy atom. The van der Waals surface area contributed by atoms with Crippen LogP contribution in [0, 0.1) is 6.92 Å². The van der Waals surface area contributed by atoms with Crippen LogP contribution >= 0.6 is 15.9 Å². The molecule has 0 fully saturated rings. The summed E-state index contributed by atoms with van der Waals surface area (Å²) in [6, 6.07) is 16.9. The van der Waals surface area contributed by atoms with Crippen molar-refractivity contribution in [1.82, 2.24) is 0 Å². The highest BCUT2D eigenvalue weighted by Crippen LogP contribution is 2.28. The molecular weight excluding hydrogens is 324 g/mol. The highest BCUT2D eigenvalue weighted by molar-refractivity contribution is 9.10. The maximum atomic E-state index is 6.12. The van der Waals surface area contributed by atoms with Crippen molar-refractivity contribution in [3.63, 3.8) is 0 Å². The fourth-order valence-corrected chi connectivity index (χ4v) is 2.86. The second-order valence-electron chi connectivity index (χ2n) is 5.85. The molecule has 2 N–H and O–H groups in total. The molecule has 0 saturated heterocycles. The number of nitrogens with zero attached hydrogens (tertiary/aromatic N) is 1. The summed E-state index contributed by atoms with van der Waals surface area (Å²) >= 11 is 3.48. The standard InChI is InChI=1S/C18H23BrN2/c1-14-6-4-5-7-17(14)21(3)18(2,13-20)12-15-8-10-16(19)11-9-15/h4-11H,12-13,20H2,1-3H3. The van der Waals surface area contributed by atoms with Crippen LogP contribution in [-0.2, 0) is 6.42 Å². The minimum absolute atomic E-state index is 0.111. The number of aryl methyl sites for hydroxylation is 1. The number of para-hydroxylation sites is 1. The van der Waals surface area contributed by atoms with Crippen LogP contribution in [0.4, 0.5) is 5.69 Å². The number of halogens is 1. The van der Waals surface area contributed by atoms with E-state index in [1.807, 2.05) is 0 Å². The SMILES string of the molecule is Cc1ccccc1N(C)C(C)(CN)Cc1ccc(Br)cc1. The molecule has 0 heterocycles. The molecule has 2 nitrogen and oxygen atoms in total. The van der Waals surface area contributed by atoms with Crippen LogP contribution in [-0.4, -0.2) is 19.1 Å². The van der Waals surface area contributed by atoms with E-state index in [0.29, 0.717) is 6.54 Å². The first-order valence-electron chi connectivity index (χ1n) is 7.20. The Morgan fingerprint density at radius 2 is 1.71 bits per heavy atom. The van der Waals surface area contributed by atoms with Gasteiger partial charge in [0.15, 0.2) is 0 Å². The summed E-state index contributed by atoms with van der Waals surface area (Å²) in [6.07, 6.45) is 0.918. The Hall–Kier alpha value is -1.32. The minimum Gasteiger partial charge on any atom is -0.367 e. The summed E-state index contributed by atoms with van der Waals surface area (Å²) < 4.78 is 1.10. The quantitative estimate of drug-likeness (QED) is 0.880. The Balaban J connectivity index is 2.28. The number of hydrogen-bond donors (Lipinski definition) is 1. The van der Waals surface area contributed by atoms with Crippen molar-refractivity contribution in [2.24, 2.45) is 5.73 Å². The second kappa shape index (κ2) is 6.63. The van der Waals surface area contributed by atoms with Gasteiger partial charge in [-0.25, -0.2) is 0 Å². The summed E-state index contributed by atoms with van der Waals surface area (Å²) in [7, 11) is 2.13. The second-order valence-corrected chi connectivity index (χ2v) is 6.77. The molecule has 2 aromatic rings. The zero-order chi connectivity index (χ0) is 15.5. The fourth-order valence-electron chi connectivity index (χ4n) is 2.60. The summed E-state index contributed by atoms with van der Waals surface area (Å²) in [5, 5.41) is 0. The third-order valence-electron chi connectivity index (χ3n) is 4.22. The molecule has 0 aliphatic rings. The number of anilines is 1. The van der Waals surface area contributed by atoms with Crippen molar-refractivity contribution in [1.29, 1.82) is 0 Å². The van der Waals surface area contributed by atoms with Crippen LogP contribution in [0.3, 0.4) is 0 Å². The molecule has 0 bridgehead atoms. The minimum atomic E-state index is -0.111. The third kappa shape index (κ3) is 3.66. The van der Waals surface area contributed by atoms with Crippen LogP contribution in [0.2, 0.25) is 0 Å². The smallest absolute Gasteiger partial charge is 0.0533 e. The number of nitrogens with two attached hydrogens (primary N) is 1. The van der Waals surface area contributed by atoms with E-state index in [-0.39, 0.29) is 5.54 Å². The maximum Gasteiger partial charge on any atom is 0.0533 e. The van der Waals surface area contributed by atoms with Gasteiger partial charge >= 0.3 is 0 Å². The summed E-state index contributed by atoms with van der Waals surface area (Å²) in [4.78, 5) is 2.31. The molecule has 0 amide bonds. The lowest BCUT2D eigenvalue weighted by molar-refractivity contribution is 0.449. The van der Waals surface area contributed by atoms with E-state index in [9.17, 15) is 0 Å². The van der Waals surface area contributed by atoms with Gasteiger partial charge in [0.25, 0.3) is 0 Å². The molecule has 3 heteroatoms. The predicted molar refractivity (Wildman–Crippen MR) is 94.9 cm³/mol. The largest absolute Gasteiger partial charge is 0.367 e. The number of likely N-dealkylation sites (N-methyl/N-ethyl adjacent to an activating group) is 1. The summed E-state index contributed by atoms with van der Waals surface area (Å²) in [5.41, 5.74) is 9.82. The summed E-state index contributed by atoms with van der Waals surface area (Å²) in [6.45, 7) is 4.97.